The largest absolute Gasteiger partial charge is 0.336 e. The smallest absolute Gasteiger partial charge is 0.289 e. The van der Waals surface area contributed by atoms with Gasteiger partial charge in [0.2, 0.25) is 0 Å². The van der Waals surface area contributed by atoms with Gasteiger partial charge in [-0.25, -0.2) is 9.97 Å². The second-order valence-corrected chi connectivity index (χ2v) is 5.40. The molecule has 0 aromatic carbocycles. The molecule has 0 aliphatic heterocycles. The molecule has 1 fully saturated rings. The quantitative estimate of drug-likeness (QED) is 0.914. The maximum Gasteiger partial charge on any atom is 0.289 e. The Morgan fingerprint density at radius 2 is 2.37 bits per heavy atom. The zero-order valence-corrected chi connectivity index (χ0v) is 11.3. The van der Waals surface area contributed by atoms with Crippen LogP contribution in [-0.2, 0) is 0 Å². The van der Waals surface area contributed by atoms with Crippen LogP contribution in [0, 0.1) is 5.92 Å². The van der Waals surface area contributed by atoms with E-state index >= 15 is 0 Å². The molecule has 2 aromatic heterocycles. The van der Waals surface area contributed by atoms with Gasteiger partial charge in [0.15, 0.2) is 11.5 Å². The Balaban J connectivity index is 1.77. The first-order valence-corrected chi connectivity index (χ1v) is 6.73. The zero-order valence-electron chi connectivity index (χ0n) is 11.3. The molecule has 19 heavy (non-hydrogen) atoms. The normalized spacial score (nSPS) is 16.5. The predicted molar refractivity (Wildman–Crippen MR) is 72.8 cm³/mol. The number of carbonyl (C=O) groups is 1. The molecule has 0 radical (unpaired) electrons. The number of H-pyrrole nitrogens is 1. The Kier molecular flexibility index (Phi) is 2.97. The molecule has 1 N–H and O–H groups in total. The lowest BCUT2D eigenvalue weighted by Crippen LogP contribution is -2.36. The van der Waals surface area contributed by atoms with Crippen molar-refractivity contribution in [1.29, 1.82) is 0 Å². The lowest BCUT2D eigenvalue weighted by atomic mass is 10.1. The lowest BCUT2D eigenvalue weighted by molar-refractivity contribution is 0.0722. The zero-order chi connectivity index (χ0) is 13.4. The minimum Gasteiger partial charge on any atom is -0.336 e. The van der Waals surface area contributed by atoms with Crippen molar-refractivity contribution in [3.05, 3.63) is 24.2 Å². The average molecular weight is 258 g/mol. The highest BCUT2D eigenvalue weighted by atomic mass is 16.2. The summed E-state index contributed by atoms with van der Waals surface area (Å²) in [5.41, 5.74) is 1.39. The van der Waals surface area contributed by atoms with E-state index in [1.807, 2.05) is 19.2 Å². The maximum absolute atomic E-state index is 12.4. The van der Waals surface area contributed by atoms with Crippen molar-refractivity contribution < 1.29 is 4.79 Å². The highest BCUT2D eigenvalue weighted by Crippen LogP contribution is 2.34. The van der Waals surface area contributed by atoms with E-state index in [1.54, 1.807) is 11.1 Å². The van der Waals surface area contributed by atoms with E-state index in [0.717, 1.165) is 17.9 Å². The maximum atomic E-state index is 12.4. The molecular weight excluding hydrogens is 240 g/mol. The van der Waals surface area contributed by atoms with E-state index in [4.69, 9.17) is 0 Å². The van der Waals surface area contributed by atoms with Gasteiger partial charge < -0.3 is 9.88 Å². The number of carbonyl (C=O) groups excluding carboxylic acids is 1. The van der Waals surface area contributed by atoms with Gasteiger partial charge in [-0.3, -0.25) is 4.79 Å². The number of hydrogen-bond donors (Lipinski definition) is 1. The minimum absolute atomic E-state index is 0.0637. The summed E-state index contributed by atoms with van der Waals surface area (Å²) < 4.78 is 0. The van der Waals surface area contributed by atoms with Crippen LogP contribution in [0.2, 0.25) is 0 Å². The van der Waals surface area contributed by atoms with E-state index in [1.165, 1.54) is 12.8 Å². The van der Waals surface area contributed by atoms with Crippen molar-refractivity contribution in [2.24, 2.45) is 5.92 Å². The van der Waals surface area contributed by atoms with Crippen LogP contribution in [0.1, 0.15) is 36.8 Å². The van der Waals surface area contributed by atoms with Crippen molar-refractivity contribution in [2.75, 3.05) is 7.05 Å². The molecule has 1 aliphatic carbocycles. The highest BCUT2D eigenvalue weighted by Gasteiger charge is 2.28. The number of hydrogen-bond acceptors (Lipinski definition) is 3. The summed E-state index contributed by atoms with van der Waals surface area (Å²) in [6.45, 7) is 2.09. The number of fused-ring (bicyclic) bond motifs is 1. The van der Waals surface area contributed by atoms with Gasteiger partial charge in [-0.2, -0.15) is 0 Å². The summed E-state index contributed by atoms with van der Waals surface area (Å²) in [6, 6.07) is 3.95. The van der Waals surface area contributed by atoms with E-state index in [9.17, 15) is 4.79 Å². The van der Waals surface area contributed by atoms with Crippen molar-refractivity contribution in [3.8, 4) is 0 Å². The summed E-state index contributed by atoms with van der Waals surface area (Å²) in [5.74, 6) is 1.12. The van der Waals surface area contributed by atoms with Gasteiger partial charge in [-0.1, -0.05) is 12.8 Å². The third-order valence-electron chi connectivity index (χ3n) is 3.81. The van der Waals surface area contributed by atoms with Crippen LogP contribution in [0.5, 0.6) is 0 Å². The van der Waals surface area contributed by atoms with Crippen LogP contribution < -0.4 is 0 Å². The standard InChI is InChI=1S/C14H18N4O/c1-9(8-10-5-6-10)18(2)14(19)13-16-11-4-3-7-15-12(11)17-13/h3-4,7,9-10H,5-6,8H2,1-2H3,(H,15,16,17). The van der Waals surface area contributed by atoms with E-state index < -0.39 is 0 Å². The Morgan fingerprint density at radius 1 is 1.58 bits per heavy atom. The molecule has 1 unspecified atom stereocenters. The molecule has 0 spiro atoms. The van der Waals surface area contributed by atoms with Crippen LogP contribution in [-0.4, -0.2) is 38.8 Å². The van der Waals surface area contributed by atoms with Gasteiger partial charge in [-0.05, 0) is 31.4 Å². The van der Waals surface area contributed by atoms with Crippen LogP contribution in [0.25, 0.3) is 11.2 Å². The number of aromatic amines is 1. The van der Waals surface area contributed by atoms with Crippen LogP contribution in [0.4, 0.5) is 0 Å². The summed E-state index contributed by atoms with van der Waals surface area (Å²) in [4.78, 5) is 25.6. The molecular formula is C14H18N4O. The number of aromatic nitrogens is 3. The lowest BCUT2D eigenvalue weighted by Gasteiger charge is -2.23. The summed E-state index contributed by atoms with van der Waals surface area (Å²) >= 11 is 0. The van der Waals surface area contributed by atoms with Crippen molar-refractivity contribution in [1.82, 2.24) is 19.9 Å². The molecule has 5 heteroatoms. The highest BCUT2D eigenvalue weighted by molar-refractivity contribution is 5.93. The Morgan fingerprint density at radius 3 is 3.05 bits per heavy atom. The Hall–Kier alpha value is -1.91. The number of nitrogens with one attached hydrogen (secondary N) is 1. The Bertz CT molecular complexity index is 569. The van der Waals surface area contributed by atoms with Gasteiger partial charge in [0.05, 0.1) is 5.52 Å². The Labute approximate surface area is 112 Å². The topological polar surface area (TPSA) is 61.9 Å². The van der Waals surface area contributed by atoms with Gasteiger partial charge in [0, 0.05) is 19.3 Å². The van der Waals surface area contributed by atoms with Crippen LogP contribution in [0.3, 0.4) is 0 Å². The van der Waals surface area contributed by atoms with Gasteiger partial charge in [0.1, 0.15) is 0 Å². The van der Waals surface area contributed by atoms with E-state index in [-0.39, 0.29) is 11.9 Å². The van der Waals surface area contributed by atoms with Gasteiger partial charge >= 0.3 is 0 Å². The average Bonchev–Trinajstić information content (AvgIpc) is 3.12. The first kappa shape index (κ1) is 12.1. The first-order chi connectivity index (χ1) is 9.15. The summed E-state index contributed by atoms with van der Waals surface area (Å²) in [5, 5.41) is 0. The molecule has 0 bridgehead atoms. The fraction of sp³-hybridized carbons (Fsp3) is 0.500. The van der Waals surface area contributed by atoms with Gasteiger partial charge in [0.25, 0.3) is 5.91 Å². The van der Waals surface area contributed by atoms with Crippen molar-refractivity contribution >= 4 is 17.1 Å². The van der Waals surface area contributed by atoms with Gasteiger partial charge in [-0.15, -0.1) is 0 Å². The van der Waals surface area contributed by atoms with Crippen molar-refractivity contribution in [3.63, 3.8) is 0 Å². The second kappa shape index (κ2) is 4.64. The second-order valence-electron chi connectivity index (χ2n) is 5.40. The minimum atomic E-state index is -0.0637. The third kappa shape index (κ3) is 2.45. The number of nitrogens with zero attached hydrogens (tertiary/aromatic N) is 3. The molecule has 3 rings (SSSR count). The molecule has 100 valence electrons. The summed E-state index contributed by atoms with van der Waals surface area (Å²) in [6.07, 6.45) is 5.37. The molecule has 1 atom stereocenters. The molecule has 1 amide bonds. The SMILES string of the molecule is CC(CC1CC1)N(C)C(=O)c1nc2ncccc2[nH]1. The molecule has 2 heterocycles. The van der Waals surface area contributed by atoms with Crippen LogP contribution in [0.15, 0.2) is 18.3 Å². The molecule has 1 saturated carbocycles. The molecule has 0 saturated heterocycles. The summed E-state index contributed by atoms with van der Waals surface area (Å²) in [7, 11) is 1.84. The number of pyridine rings is 1. The molecule has 2 aromatic rings. The van der Waals surface area contributed by atoms with E-state index in [2.05, 4.69) is 21.9 Å². The number of imidazole rings is 1. The number of amides is 1. The monoisotopic (exact) mass is 258 g/mol. The molecule has 1 aliphatic rings. The van der Waals surface area contributed by atoms with Crippen LogP contribution >= 0.6 is 0 Å². The predicted octanol–water partition coefficient (Wildman–Crippen LogP) is 2.22. The first-order valence-electron chi connectivity index (χ1n) is 6.73. The number of rotatable bonds is 4. The third-order valence-corrected chi connectivity index (χ3v) is 3.81. The fourth-order valence-corrected chi connectivity index (χ4v) is 2.31. The molecule has 5 nitrogen and oxygen atoms in total. The fourth-order valence-electron chi connectivity index (χ4n) is 2.31. The van der Waals surface area contributed by atoms with Crippen molar-refractivity contribution in [2.45, 2.75) is 32.2 Å². The van der Waals surface area contributed by atoms with E-state index in [0.29, 0.717) is 11.5 Å².